The molecule has 2 aromatic carbocycles. The zero-order chi connectivity index (χ0) is 24.0. The fraction of sp³-hybridized carbons (Fsp3) is 0.414. The van der Waals surface area contributed by atoms with Crippen LogP contribution in [0.2, 0.25) is 0 Å². The summed E-state index contributed by atoms with van der Waals surface area (Å²) in [7, 11) is 0. The summed E-state index contributed by atoms with van der Waals surface area (Å²) in [5, 5.41) is 9.02. The highest BCUT2D eigenvalue weighted by molar-refractivity contribution is 5.88. The number of aromatic nitrogens is 2. The van der Waals surface area contributed by atoms with E-state index in [9.17, 15) is 4.79 Å². The van der Waals surface area contributed by atoms with Crippen LogP contribution >= 0.6 is 0 Å². The highest BCUT2D eigenvalue weighted by atomic mass is 16.5. The Balaban J connectivity index is 1.37. The summed E-state index contributed by atoms with van der Waals surface area (Å²) in [6, 6.07) is 14.6. The molecule has 0 amide bonds. The largest absolute Gasteiger partial charge is 0.494 e. The normalized spacial score (nSPS) is 10.9. The Bertz CT molecular complexity index is 983. The number of carboxylic acids is 1. The lowest BCUT2D eigenvalue weighted by atomic mass is 10.1. The average molecular weight is 461 g/mol. The van der Waals surface area contributed by atoms with E-state index in [1.807, 2.05) is 24.3 Å². The van der Waals surface area contributed by atoms with Crippen molar-refractivity contribution < 1.29 is 14.6 Å². The van der Waals surface area contributed by atoms with Gasteiger partial charge in [0.2, 0.25) is 0 Å². The lowest BCUT2D eigenvalue weighted by molar-refractivity contribution is 0.0697. The van der Waals surface area contributed by atoms with Gasteiger partial charge in [-0.05, 0) is 42.8 Å². The molecule has 5 heteroatoms. The Labute approximate surface area is 203 Å². The predicted molar refractivity (Wildman–Crippen MR) is 137 cm³/mol. The molecule has 1 aromatic heterocycles. The van der Waals surface area contributed by atoms with E-state index in [2.05, 4.69) is 16.9 Å². The van der Waals surface area contributed by atoms with Gasteiger partial charge in [-0.3, -0.25) is 9.97 Å². The van der Waals surface area contributed by atoms with Gasteiger partial charge >= 0.3 is 5.97 Å². The van der Waals surface area contributed by atoms with Gasteiger partial charge in [-0.1, -0.05) is 76.8 Å². The summed E-state index contributed by atoms with van der Waals surface area (Å²) < 4.78 is 5.89. The summed E-state index contributed by atoms with van der Waals surface area (Å²) in [4.78, 5) is 20.0. The van der Waals surface area contributed by atoms with Crippen LogP contribution in [0.5, 0.6) is 5.75 Å². The molecule has 0 saturated carbocycles. The van der Waals surface area contributed by atoms with Crippen molar-refractivity contribution in [1.29, 1.82) is 0 Å². The first kappa shape index (κ1) is 25.4. The van der Waals surface area contributed by atoms with E-state index in [4.69, 9.17) is 9.84 Å². The highest BCUT2D eigenvalue weighted by Crippen LogP contribution is 2.23. The number of benzene rings is 2. The fourth-order valence-electron chi connectivity index (χ4n) is 3.91. The number of ether oxygens (including phenoxy) is 1. The molecule has 1 heterocycles. The van der Waals surface area contributed by atoms with Gasteiger partial charge < -0.3 is 9.84 Å². The molecule has 1 N–H and O–H groups in total. The third kappa shape index (κ3) is 8.29. The maximum atomic E-state index is 11.0. The van der Waals surface area contributed by atoms with Gasteiger partial charge in [-0.25, -0.2) is 4.79 Å². The molecule has 0 aliphatic carbocycles. The Morgan fingerprint density at radius 1 is 0.706 bits per heavy atom. The maximum absolute atomic E-state index is 11.0. The standard InChI is InChI=1S/C29H36N2O3/c1-2-3-4-5-6-7-8-9-10-11-20-34-26-18-16-24(17-19-26)28-22-30-27(21-31-28)23-12-14-25(15-13-23)29(32)33/h12-19,21-22H,2-11,20H2,1H3,(H,32,33). The minimum absolute atomic E-state index is 0.254. The summed E-state index contributed by atoms with van der Waals surface area (Å²) in [6.45, 7) is 3.02. The average Bonchev–Trinajstić information content (AvgIpc) is 2.88. The van der Waals surface area contributed by atoms with Crippen molar-refractivity contribution in [3.63, 3.8) is 0 Å². The minimum Gasteiger partial charge on any atom is -0.494 e. The molecule has 0 bridgehead atoms. The number of unbranched alkanes of at least 4 members (excludes halogenated alkanes) is 9. The van der Waals surface area contributed by atoms with Gasteiger partial charge in [0.05, 0.1) is 36.0 Å². The number of carboxylic acid groups (broad SMARTS) is 1. The molecule has 0 aliphatic rings. The number of hydrogen-bond acceptors (Lipinski definition) is 4. The van der Waals surface area contributed by atoms with Gasteiger partial charge in [-0.15, -0.1) is 0 Å². The van der Waals surface area contributed by atoms with Gasteiger partial charge in [0, 0.05) is 11.1 Å². The molecule has 0 fully saturated rings. The van der Waals surface area contributed by atoms with Crippen molar-refractivity contribution in [2.24, 2.45) is 0 Å². The van der Waals surface area contributed by atoms with E-state index in [-0.39, 0.29) is 5.56 Å². The second-order valence-corrected chi connectivity index (χ2v) is 8.72. The zero-order valence-corrected chi connectivity index (χ0v) is 20.2. The second-order valence-electron chi connectivity index (χ2n) is 8.72. The van der Waals surface area contributed by atoms with Crippen LogP contribution < -0.4 is 4.74 Å². The fourth-order valence-corrected chi connectivity index (χ4v) is 3.91. The summed E-state index contributed by atoms with van der Waals surface area (Å²) >= 11 is 0. The van der Waals surface area contributed by atoms with Crippen molar-refractivity contribution >= 4 is 5.97 Å². The van der Waals surface area contributed by atoms with Gasteiger partial charge in [-0.2, -0.15) is 0 Å². The van der Waals surface area contributed by atoms with Crippen molar-refractivity contribution in [2.75, 3.05) is 6.61 Å². The first-order chi connectivity index (χ1) is 16.7. The van der Waals surface area contributed by atoms with Crippen molar-refractivity contribution in [2.45, 2.75) is 71.1 Å². The van der Waals surface area contributed by atoms with Crippen LogP contribution in [0.3, 0.4) is 0 Å². The number of aromatic carboxylic acids is 1. The molecule has 0 saturated heterocycles. The number of hydrogen-bond donors (Lipinski definition) is 1. The monoisotopic (exact) mass is 460 g/mol. The van der Waals surface area contributed by atoms with Crippen molar-refractivity contribution in [1.82, 2.24) is 9.97 Å². The second kappa shape index (κ2) is 14.1. The van der Waals surface area contributed by atoms with Crippen LogP contribution in [0.4, 0.5) is 0 Å². The van der Waals surface area contributed by atoms with Crippen LogP contribution in [0.15, 0.2) is 60.9 Å². The first-order valence-electron chi connectivity index (χ1n) is 12.6. The molecule has 3 rings (SSSR count). The zero-order valence-electron chi connectivity index (χ0n) is 20.2. The number of nitrogens with zero attached hydrogens (tertiary/aromatic N) is 2. The molecular weight excluding hydrogens is 424 g/mol. The molecule has 180 valence electrons. The predicted octanol–water partition coefficient (Wildman–Crippen LogP) is 7.81. The number of rotatable bonds is 15. The van der Waals surface area contributed by atoms with Crippen LogP contribution in [0.1, 0.15) is 81.5 Å². The molecule has 0 atom stereocenters. The molecule has 0 aliphatic heterocycles. The third-order valence-corrected chi connectivity index (χ3v) is 6.00. The minimum atomic E-state index is -0.941. The molecule has 34 heavy (non-hydrogen) atoms. The number of carbonyl (C=O) groups is 1. The Morgan fingerprint density at radius 3 is 1.65 bits per heavy atom. The molecule has 0 spiro atoms. The van der Waals surface area contributed by atoms with Gasteiger partial charge in [0.15, 0.2) is 0 Å². The Morgan fingerprint density at radius 2 is 1.18 bits per heavy atom. The van der Waals surface area contributed by atoms with E-state index in [0.29, 0.717) is 5.69 Å². The van der Waals surface area contributed by atoms with Crippen LogP contribution in [-0.4, -0.2) is 27.7 Å². The lowest BCUT2D eigenvalue weighted by Crippen LogP contribution is -1.97. The molecule has 3 aromatic rings. The van der Waals surface area contributed by atoms with Gasteiger partial charge in [0.1, 0.15) is 5.75 Å². The van der Waals surface area contributed by atoms with E-state index < -0.39 is 5.97 Å². The summed E-state index contributed by atoms with van der Waals surface area (Å²) in [6.07, 6.45) is 16.7. The first-order valence-corrected chi connectivity index (χ1v) is 12.6. The smallest absolute Gasteiger partial charge is 0.335 e. The SMILES string of the molecule is CCCCCCCCCCCCOc1ccc(-c2cnc(-c3ccc(C(=O)O)cc3)cn2)cc1. The van der Waals surface area contributed by atoms with Crippen LogP contribution in [0, 0.1) is 0 Å². The molecule has 5 nitrogen and oxygen atoms in total. The summed E-state index contributed by atoms with van der Waals surface area (Å²) in [5.41, 5.74) is 3.56. The van der Waals surface area contributed by atoms with Crippen LogP contribution in [-0.2, 0) is 0 Å². The molecule has 0 radical (unpaired) electrons. The van der Waals surface area contributed by atoms with E-state index in [1.54, 1.807) is 36.7 Å². The van der Waals surface area contributed by atoms with E-state index >= 15 is 0 Å². The summed E-state index contributed by atoms with van der Waals surface area (Å²) in [5.74, 6) is -0.0633. The highest BCUT2D eigenvalue weighted by Gasteiger charge is 2.06. The molecule has 0 unspecified atom stereocenters. The van der Waals surface area contributed by atoms with Crippen LogP contribution in [0.25, 0.3) is 22.5 Å². The van der Waals surface area contributed by atoms with Crippen molar-refractivity contribution in [3.8, 4) is 28.3 Å². The van der Waals surface area contributed by atoms with Crippen molar-refractivity contribution in [3.05, 3.63) is 66.5 Å². The van der Waals surface area contributed by atoms with E-state index in [0.717, 1.165) is 35.6 Å². The quantitative estimate of drug-likeness (QED) is 0.234. The van der Waals surface area contributed by atoms with E-state index in [1.165, 1.54) is 57.8 Å². The molecular formula is C29H36N2O3. The topological polar surface area (TPSA) is 72.3 Å². The Kier molecular flexibility index (Phi) is 10.6. The third-order valence-electron chi connectivity index (χ3n) is 6.00. The van der Waals surface area contributed by atoms with Gasteiger partial charge in [0.25, 0.3) is 0 Å². The Hall–Kier alpha value is -3.21. The maximum Gasteiger partial charge on any atom is 0.335 e. The lowest BCUT2D eigenvalue weighted by Gasteiger charge is -2.08.